The summed E-state index contributed by atoms with van der Waals surface area (Å²) in [6, 6.07) is 12.0. The monoisotopic (exact) mass is 528 g/mol. The molecule has 1 fully saturated rings. The Morgan fingerprint density at radius 1 is 1.14 bits per heavy atom. The van der Waals surface area contributed by atoms with Gasteiger partial charge >= 0.3 is 5.97 Å². The summed E-state index contributed by atoms with van der Waals surface area (Å²) in [4.78, 5) is 46.6. The number of para-hydroxylation sites is 1. The predicted molar refractivity (Wildman–Crippen MR) is 134 cm³/mol. The molecule has 2 amide bonds. The number of carbonyl (C=O) groups is 3. The molecule has 194 valence electrons. The van der Waals surface area contributed by atoms with Gasteiger partial charge in [-0.3, -0.25) is 9.59 Å². The first-order chi connectivity index (χ1) is 17.9. The first-order valence-corrected chi connectivity index (χ1v) is 12.2. The van der Waals surface area contributed by atoms with Gasteiger partial charge in [0.25, 0.3) is 5.91 Å². The largest absolute Gasteiger partial charge is 0.422 e. The number of H-pyrrole nitrogens is 1. The van der Waals surface area contributed by atoms with Crippen molar-refractivity contribution in [3.05, 3.63) is 77.1 Å². The number of ether oxygens (including phenoxy) is 1. The van der Waals surface area contributed by atoms with E-state index in [1.807, 2.05) is 0 Å². The van der Waals surface area contributed by atoms with E-state index in [-0.39, 0.29) is 47.4 Å². The molecule has 3 N–H and O–H groups in total. The van der Waals surface area contributed by atoms with Crippen molar-refractivity contribution in [1.29, 1.82) is 0 Å². The Hall–Kier alpha value is -3.76. The van der Waals surface area contributed by atoms with Crippen LogP contribution in [-0.4, -0.2) is 52.1 Å². The number of anilines is 1. The molecule has 1 aliphatic rings. The number of aromatic nitrogens is 2. The number of aliphatic hydroxyl groups is 1. The zero-order chi connectivity index (χ0) is 26.4. The molecular formula is C26H26ClFN4O5. The van der Waals surface area contributed by atoms with E-state index in [2.05, 4.69) is 15.3 Å². The number of carbonyl (C=O) groups excluding carboxylic acids is 3. The van der Waals surface area contributed by atoms with Gasteiger partial charge < -0.3 is 25.0 Å². The quantitative estimate of drug-likeness (QED) is 0.302. The molecule has 1 aliphatic carbocycles. The minimum atomic E-state index is -0.754. The number of hydrogen-bond donors (Lipinski definition) is 3. The Balaban J connectivity index is 1.35. The van der Waals surface area contributed by atoms with E-state index in [1.54, 1.807) is 30.3 Å². The van der Waals surface area contributed by atoms with Gasteiger partial charge in [-0.25, -0.2) is 14.2 Å². The fraction of sp³-hybridized carbons (Fsp3) is 0.308. The number of rotatable bonds is 8. The SMILES string of the molecule is O=C(Oc1ccccc1)c1nc[nH]c1C(=O)N[C@H]1CC[C@H](C(=O)N(CCO)c2ccc(F)cc2Cl)CC1. The summed E-state index contributed by atoms with van der Waals surface area (Å²) >= 11 is 6.15. The molecule has 9 nitrogen and oxygen atoms in total. The normalized spacial score (nSPS) is 17.2. The number of amides is 2. The predicted octanol–water partition coefficient (Wildman–Crippen LogP) is 3.74. The van der Waals surface area contributed by atoms with Gasteiger partial charge in [-0.05, 0) is 56.0 Å². The molecule has 11 heteroatoms. The number of benzene rings is 2. The molecule has 3 aromatic rings. The third-order valence-corrected chi connectivity index (χ3v) is 6.52. The molecule has 0 radical (unpaired) electrons. The van der Waals surface area contributed by atoms with Gasteiger partial charge in [0.2, 0.25) is 5.91 Å². The minimum absolute atomic E-state index is 0.000737. The summed E-state index contributed by atoms with van der Waals surface area (Å²) in [6.07, 6.45) is 3.31. The summed E-state index contributed by atoms with van der Waals surface area (Å²) in [5.41, 5.74) is 0.215. The second-order valence-corrected chi connectivity index (χ2v) is 9.07. The highest BCUT2D eigenvalue weighted by Gasteiger charge is 2.32. The maximum atomic E-state index is 13.5. The summed E-state index contributed by atoms with van der Waals surface area (Å²) in [5.74, 6) is -1.99. The van der Waals surface area contributed by atoms with Crippen molar-refractivity contribution in [2.75, 3.05) is 18.1 Å². The molecule has 4 rings (SSSR count). The number of aromatic amines is 1. The van der Waals surface area contributed by atoms with Gasteiger partial charge in [0.15, 0.2) is 5.69 Å². The van der Waals surface area contributed by atoms with Crippen LogP contribution in [0.15, 0.2) is 54.9 Å². The van der Waals surface area contributed by atoms with Crippen molar-refractivity contribution in [3.8, 4) is 5.75 Å². The molecule has 0 saturated heterocycles. The van der Waals surface area contributed by atoms with E-state index in [4.69, 9.17) is 16.3 Å². The molecule has 0 aliphatic heterocycles. The van der Waals surface area contributed by atoms with E-state index in [0.29, 0.717) is 37.1 Å². The average molecular weight is 529 g/mol. The van der Waals surface area contributed by atoms with Gasteiger partial charge in [-0.2, -0.15) is 0 Å². The minimum Gasteiger partial charge on any atom is -0.422 e. The van der Waals surface area contributed by atoms with E-state index >= 15 is 0 Å². The van der Waals surface area contributed by atoms with E-state index in [9.17, 15) is 23.9 Å². The number of esters is 1. The van der Waals surface area contributed by atoms with Crippen LogP contribution in [0, 0.1) is 11.7 Å². The molecule has 0 unspecified atom stereocenters. The van der Waals surface area contributed by atoms with Crippen LogP contribution < -0.4 is 15.0 Å². The molecule has 0 bridgehead atoms. The maximum Gasteiger partial charge on any atom is 0.364 e. The standard InChI is InChI=1S/C26H26ClFN4O5/c27-20-14-17(28)8-11-21(20)32(12-13-33)25(35)16-6-9-18(10-7-16)31-24(34)22-23(30-15-29-22)26(36)37-19-4-2-1-3-5-19/h1-5,8,11,14-16,18,33H,6-7,9-10,12-13H2,(H,29,30)(H,31,34)/t16-,18-. The van der Waals surface area contributed by atoms with Gasteiger partial charge in [0, 0.05) is 18.5 Å². The van der Waals surface area contributed by atoms with Crippen molar-refractivity contribution in [3.63, 3.8) is 0 Å². The molecule has 1 heterocycles. The van der Waals surface area contributed by atoms with Crippen LogP contribution in [0.1, 0.15) is 46.7 Å². The van der Waals surface area contributed by atoms with Crippen LogP contribution in [0.3, 0.4) is 0 Å². The Bertz CT molecular complexity index is 1260. The molecule has 0 spiro atoms. The van der Waals surface area contributed by atoms with Gasteiger partial charge in [0.1, 0.15) is 17.3 Å². The van der Waals surface area contributed by atoms with Crippen LogP contribution in [0.4, 0.5) is 10.1 Å². The van der Waals surface area contributed by atoms with E-state index < -0.39 is 17.7 Å². The summed E-state index contributed by atoms with van der Waals surface area (Å²) in [5, 5.41) is 12.4. The Kier molecular flexibility index (Phi) is 8.52. The van der Waals surface area contributed by atoms with Crippen molar-refractivity contribution in [2.24, 2.45) is 5.92 Å². The number of aliphatic hydroxyl groups excluding tert-OH is 1. The second kappa shape index (κ2) is 12.0. The molecule has 1 aromatic heterocycles. The zero-order valence-electron chi connectivity index (χ0n) is 19.8. The van der Waals surface area contributed by atoms with Crippen molar-refractivity contribution in [1.82, 2.24) is 15.3 Å². The lowest BCUT2D eigenvalue weighted by Gasteiger charge is -2.32. The lowest BCUT2D eigenvalue weighted by molar-refractivity contribution is -0.123. The number of halogens is 2. The first kappa shape index (κ1) is 26.3. The molecule has 0 atom stereocenters. The van der Waals surface area contributed by atoms with Crippen molar-refractivity contribution < 1.29 is 28.6 Å². The number of hydrogen-bond acceptors (Lipinski definition) is 6. The highest BCUT2D eigenvalue weighted by molar-refractivity contribution is 6.33. The summed E-state index contributed by atoms with van der Waals surface area (Å²) < 4.78 is 18.7. The van der Waals surface area contributed by atoms with Gasteiger partial charge in [-0.15, -0.1) is 0 Å². The average Bonchev–Trinajstić information content (AvgIpc) is 3.39. The Labute approximate surface area is 217 Å². The maximum absolute atomic E-state index is 13.5. The molecule has 1 saturated carbocycles. The van der Waals surface area contributed by atoms with E-state index in [1.165, 1.54) is 23.4 Å². The van der Waals surface area contributed by atoms with Gasteiger partial charge in [0.05, 0.1) is 23.6 Å². The number of imidazole rings is 1. The third kappa shape index (κ3) is 6.33. The van der Waals surface area contributed by atoms with Crippen LogP contribution in [0.2, 0.25) is 5.02 Å². The zero-order valence-corrected chi connectivity index (χ0v) is 20.6. The van der Waals surface area contributed by atoms with Crippen molar-refractivity contribution >= 4 is 35.1 Å². The van der Waals surface area contributed by atoms with Crippen LogP contribution in [0.25, 0.3) is 0 Å². The third-order valence-electron chi connectivity index (χ3n) is 6.22. The lowest BCUT2D eigenvalue weighted by atomic mass is 9.85. The lowest BCUT2D eigenvalue weighted by Crippen LogP contribution is -2.43. The van der Waals surface area contributed by atoms with Crippen LogP contribution in [-0.2, 0) is 4.79 Å². The fourth-order valence-corrected chi connectivity index (χ4v) is 4.65. The van der Waals surface area contributed by atoms with Crippen LogP contribution >= 0.6 is 11.6 Å². The second-order valence-electron chi connectivity index (χ2n) is 8.66. The Morgan fingerprint density at radius 3 is 2.54 bits per heavy atom. The van der Waals surface area contributed by atoms with E-state index in [0.717, 1.165) is 6.07 Å². The smallest absolute Gasteiger partial charge is 0.364 e. The van der Waals surface area contributed by atoms with Gasteiger partial charge in [-0.1, -0.05) is 29.8 Å². The number of nitrogens with zero attached hydrogens (tertiary/aromatic N) is 2. The first-order valence-electron chi connectivity index (χ1n) is 11.9. The summed E-state index contributed by atoms with van der Waals surface area (Å²) in [6.45, 7) is -0.243. The summed E-state index contributed by atoms with van der Waals surface area (Å²) in [7, 11) is 0. The Morgan fingerprint density at radius 2 is 1.86 bits per heavy atom. The molecule has 37 heavy (non-hydrogen) atoms. The van der Waals surface area contributed by atoms with Crippen LogP contribution in [0.5, 0.6) is 5.75 Å². The number of nitrogens with one attached hydrogen (secondary N) is 2. The molecule has 2 aromatic carbocycles. The van der Waals surface area contributed by atoms with Crippen molar-refractivity contribution in [2.45, 2.75) is 31.7 Å². The molecular weight excluding hydrogens is 503 g/mol. The fourth-order valence-electron chi connectivity index (χ4n) is 4.38. The highest BCUT2D eigenvalue weighted by atomic mass is 35.5. The highest BCUT2D eigenvalue weighted by Crippen LogP contribution is 2.32. The topological polar surface area (TPSA) is 125 Å².